The third-order valence-electron chi connectivity index (χ3n) is 3.80. The summed E-state index contributed by atoms with van der Waals surface area (Å²) in [5, 5.41) is 11.7. The van der Waals surface area contributed by atoms with Gasteiger partial charge in [0.15, 0.2) is 0 Å². The van der Waals surface area contributed by atoms with Crippen molar-refractivity contribution in [2.24, 2.45) is 0 Å². The lowest BCUT2D eigenvalue weighted by molar-refractivity contribution is 0.202. The highest BCUT2D eigenvalue weighted by molar-refractivity contribution is 5.90. The highest BCUT2D eigenvalue weighted by Gasteiger charge is 2.11. The first-order valence-electron chi connectivity index (χ1n) is 7.96. The van der Waals surface area contributed by atoms with Crippen LogP contribution in [0.25, 0.3) is 0 Å². The third kappa shape index (κ3) is 4.73. The summed E-state index contributed by atoms with van der Waals surface area (Å²) in [7, 11) is 1.64. The Morgan fingerprint density at radius 3 is 2.58 bits per heavy atom. The number of carbonyl (C=O) groups excluding carboxylic acids is 1. The minimum Gasteiger partial charge on any atom is -0.486 e. The van der Waals surface area contributed by atoms with Gasteiger partial charge in [0, 0.05) is 19.3 Å². The van der Waals surface area contributed by atoms with E-state index in [1.807, 2.05) is 62.4 Å². The van der Waals surface area contributed by atoms with Crippen LogP contribution in [0.3, 0.4) is 0 Å². The van der Waals surface area contributed by atoms with Gasteiger partial charge in [-0.2, -0.15) is 0 Å². The highest BCUT2D eigenvalue weighted by Crippen LogP contribution is 2.26. The van der Waals surface area contributed by atoms with Crippen molar-refractivity contribution in [1.82, 2.24) is 4.90 Å². The molecule has 1 atom stereocenters. The van der Waals surface area contributed by atoms with Gasteiger partial charge in [-0.05, 0) is 43.2 Å². The number of carbonyl (C=O) groups is 1. The van der Waals surface area contributed by atoms with E-state index in [1.54, 1.807) is 7.05 Å². The molecular weight excluding hydrogens is 304 g/mol. The number of rotatable bonds is 6. The zero-order valence-electron chi connectivity index (χ0n) is 14.3. The van der Waals surface area contributed by atoms with E-state index < -0.39 is 0 Å². The number of nitrogens with zero attached hydrogens (tertiary/aromatic N) is 1. The molecule has 5 nitrogen and oxygen atoms in total. The molecule has 2 aromatic carbocycles. The van der Waals surface area contributed by atoms with Crippen molar-refractivity contribution >= 4 is 11.7 Å². The Morgan fingerprint density at radius 1 is 1.25 bits per heavy atom. The fourth-order valence-electron chi connectivity index (χ4n) is 2.31. The maximum absolute atomic E-state index is 12.0. The van der Waals surface area contributed by atoms with E-state index in [4.69, 9.17) is 9.84 Å². The van der Waals surface area contributed by atoms with E-state index in [0.29, 0.717) is 6.54 Å². The zero-order valence-corrected chi connectivity index (χ0v) is 14.3. The predicted molar refractivity (Wildman–Crippen MR) is 95.4 cm³/mol. The Morgan fingerprint density at radius 2 is 1.96 bits per heavy atom. The van der Waals surface area contributed by atoms with Crippen LogP contribution in [0.2, 0.25) is 0 Å². The van der Waals surface area contributed by atoms with Gasteiger partial charge in [0.05, 0.1) is 6.61 Å². The molecule has 0 aliphatic rings. The molecule has 128 valence electrons. The van der Waals surface area contributed by atoms with Crippen molar-refractivity contribution in [1.29, 1.82) is 0 Å². The predicted octanol–water partition coefficient (Wildman–Crippen LogP) is 3.59. The van der Waals surface area contributed by atoms with Crippen LogP contribution in [0.5, 0.6) is 5.75 Å². The van der Waals surface area contributed by atoms with Crippen molar-refractivity contribution in [2.45, 2.75) is 20.0 Å². The first-order valence-corrected chi connectivity index (χ1v) is 7.96. The van der Waals surface area contributed by atoms with Crippen LogP contribution in [-0.2, 0) is 0 Å². The molecule has 5 heteroatoms. The molecule has 2 aromatic rings. The van der Waals surface area contributed by atoms with Crippen molar-refractivity contribution < 1.29 is 14.6 Å². The lowest BCUT2D eigenvalue weighted by Gasteiger charge is -2.19. The molecule has 0 saturated carbocycles. The van der Waals surface area contributed by atoms with Gasteiger partial charge in [0.2, 0.25) is 0 Å². The van der Waals surface area contributed by atoms with Crippen molar-refractivity contribution in [2.75, 3.05) is 25.5 Å². The van der Waals surface area contributed by atoms with Crippen molar-refractivity contribution in [3.05, 3.63) is 59.7 Å². The SMILES string of the molecule is Cc1cc(OC(C)c2ccccc2)ccc1NC(=O)N(C)CCO. The molecule has 24 heavy (non-hydrogen) atoms. The van der Waals surface area contributed by atoms with Crippen LogP contribution < -0.4 is 10.1 Å². The molecule has 2 rings (SSSR count). The summed E-state index contributed by atoms with van der Waals surface area (Å²) in [6.07, 6.45) is -0.0540. The third-order valence-corrected chi connectivity index (χ3v) is 3.80. The van der Waals surface area contributed by atoms with Crippen molar-refractivity contribution in [3.8, 4) is 5.75 Å². The van der Waals surface area contributed by atoms with E-state index >= 15 is 0 Å². The molecule has 0 radical (unpaired) electrons. The number of hydrogen-bond donors (Lipinski definition) is 2. The van der Waals surface area contributed by atoms with Gasteiger partial charge in [-0.25, -0.2) is 4.79 Å². The van der Waals surface area contributed by atoms with E-state index in [2.05, 4.69) is 5.32 Å². The van der Waals surface area contributed by atoms with Crippen LogP contribution in [0.1, 0.15) is 24.2 Å². The Hall–Kier alpha value is -2.53. The Bertz CT molecular complexity index is 674. The van der Waals surface area contributed by atoms with Crippen molar-refractivity contribution in [3.63, 3.8) is 0 Å². The summed E-state index contributed by atoms with van der Waals surface area (Å²) in [5.74, 6) is 0.755. The Kier molecular flexibility index (Phi) is 6.21. The number of ether oxygens (including phenoxy) is 1. The van der Waals surface area contributed by atoms with Gasteiger partial charge in [0.1, 0.15) is 11.9 Å². The summed E-state index contributed by atoms with van der Waals surface area (Å²) in [6, 6.07) is 15.3. The number of likely N-dealkylation sites (N-methyl/N-ethyl adjacent to an activating group) is 1. The molecule has 2 N–H and O–H groups in total. The highest BCUT2D eigenvalue weighted by atomic mass is 16.5. The molecule has 0 bridgehead atoms. The second-order valence-corrected chi connectivity index (χ2v) is 5.72. The number of aliphatic hydroxyl groups excluding tert-OH is 1. The lowest BCUT2D eigenvalue weighted by Crippen LogP contribution is -2.33. The number of hydrogen-bond acceptors (Lipinski definition) is 3. The second-order valence-electron chi connectivity index (χ2n) is 5.72. The smallest absolute Gasteiger partial charge is 0.321 e. The van der Waals surface area contributed by atoms with E-state index in [9.17, 15) is 4.79 Å². The Balaban J connectivity index is 2.03. The maximum atomic E-state index is 12.0. The fraction of sp³-hybridized carbons (Fsp3) is 0.316. The summed E-state index contributed by atoms with van der Waals surface area (Å²) in [5.41, 5.74) is 2.75. The van der Waals surface area contributed by atoms with Crippen LogP contribution in [0.4, 0.5) is 10.5 Å². The summed E-state index contributed by atoms with van der Waals surface area (Å²) < 4.78 is 5.97. The summed E-state index contributed by atoms with van der Waals surface area (Å²) in [6.45, 7) is 4.15. The minimum absolute atomic E-state index is 0.0540. The van der Waals surface area contributed by atoms with Crippen LogP contribution in [0.15, 0.2) is 48.5 Å². The molecule has 0 aliphatic carbocycles. The normalized spacial score (nSPS) is 11.7. The van der Waals surface area contributed by atoms with E-state index in [-0.39, 0.29) is 18.7 Å². The van der Waals surface area contributed by atoms with Crippen LogP contribution in [-0.4, -0.2) is 36.2 Å². The van der Waals surface area contributed by atoms with Gasteiger partial charge >= 0.3 is 6.03 Å². The van der Waals surface area contributed by atoms with Gasteiger partial charge < -0.3 is 20.1 Å². The second kappa shape index (κ2) is 8.36. The number of aryl methyl sites for hydroxylation is 1. The Labute approximate surface area is 142 Å². The molecule has 0 fully saturated rings. The number of urea groups is 1. The number of aliphatic hydroxyl groups is 1. The molecule has 0 saturated heterocycles. The van der Waals surface area contributed by atoms with Gasteiger partial charge in [-0.1, -0.05) is 30.3 Å². The first-order chi connectivity index (χ1) is 11.5. The summed E-state index contributed by atoms with van der Waals surface area (Å²) >= 11 is 0. The number of nitrogens with one attached hydrogen (secondary N) is 1. The zero-order chi connectivity index (χ0) is 17.5. The minimum atomic E-state index is -0.251. The van der Waals surface area contributed by atoms with E-state index in [0.717, 1.165) is 22.6 Å². The van der Waals surface area contributed by atoms with Crippen LogP contribution >= 0.6 is 0 Å². The average Bonchev–Trinajstić information content (AvgIpc) is 2.58. The van der Waals surface area contributed by atoms with E-state index in [1.165, 1.54) is 4.90 Å². The van der Waals surface area contributed by atoms with Crippen LogP contribution in [0, 0.1) is 6.92 Å². The molecule has 0 spiro atoms. The fourth-order valence-corrected chi connectivity index (χ4v) is 2.31. The maximum Gasteiger partial charge on any atom is 0.321 e. The average molecular weight is 328 g/mol. The molecule has 0 aliphatic heterocycles. The number of amides is 2. The largest absolute Gasteiger partial charge is 0.486 e. The van der Waals surface area contributed by atoms with Gasteiger partial charge in [-0.15, -0.1) is 0 Å². The monoisotopic (exact) mass is 328 g/mol. The lowest BCUT2D eigenvalue weighted by atomic mass is 10.1. The molecule has 1 unspecified atom stereocenters. The van der Waals surface area contributed by atoms with Gasteiger partial charge in [0.25, 0.3) is 0 Å². The topological polar surface area (TPSA) is 61.8 Å². The standard InChI is InChI=1S/C19H24N2O3/c1-14-13-17(24-15(2)16-7-5-4-6-8-16)9-10-18(14)20-19(23)21(3)11-12-22/h4-10,13,15,22H,11-12H2,1-3H3,(H,20,23). The molecular formula is C19H24N2O3. The molecule has 2 amide bonds. The summed E-state index contributed by atoms with van der Waals surface area (Å²) in [4.78, 5) is 13.4. The quantitative estimate of drug-likeness (QED) is 0.852. The molecule has 0 heterocycles. The molecule has 0 aromatic heterocycles. The number of anilines is 1. The first kappa shape index (κ1) is 17.8. The van der Waals surface area contributed by atoms with Gasteiger partial charge in [-0.3, -0.25) is 0 Å². The number of benzene rings is 2.